The van der Waals surface area contributed by atoms with Crippen LogP contribution in [0.3, 0.4) is 0 Å². The molecule has 0 atom stereocenters. The molecule has 1 aromatic carbocycles. The van der Waals surface area contributed by atoms with Gasteiger partial charge in [0.15, 0.2) is 5.75 Å². The number of pyridine rings is 1. The average Bonchev–Trinajstić information content (AvgIpc) is 2.17. The molecule has 0 saturated carbocycles. The lowest BCUT2D eigenvalue weighted by atomic mass is 10.2. The van der Waals surface area contributed by atoms with E-state index >= 15 is 0 Å². The van der Waals surface area contributed by atoms with Crippen LogP contribution < -0.4 is 10.3 Å². The van der Waals surface area contributed by atoms with Crippen LogP contribution in [-0.4, -0.2) is 22.3 Å². The summed E-state index contributed by atoms with van der Waals surface area (Å²) in [5.74, 6) is -0.341. The predicted molar refractivity (Wildman–Crippen MR) is 54.5 cm³/mol. The molecule has 2 rings (SSSR count). The molecule has 0 unspecified atom stereocenters. The number of hydrogen-bond donors (Lipinski definition) is 3. The molecule has 0 bridgehead atoms. The molecule has 0 aliphatic heterocycles. The third kappa shape index (κ3) is 1.38. The molecule has 0 aliphatic carbocycles. The van der Waals surface area contributed by atoms with Crippen LogP contribution >= 0.6 is 0 Å². The Balaban J connectivity index is 2.91. The lowest BCUT2D eigenvalue weighted by molar-refractivity contribution is 0.371. The quantitative estimate of drug-likeness (QED) is 0.650. The van der Waals surface area contributed by atoms with Crippen molar-refractivity contribution in [1.82, 2.24) is 4.98 Å². The average molecular weight is 207 g/mol. The maximum absolute atomic E-state index is 11.4. The van der Waals surface area contributed by atoms with E-state index in [4.69, 9.17) is 4.74 Å². The molecule has 5 heteroatoms. The molecule has 15 heavy (non-hydrogen) atoms. The Bertz CT molecular complexity index is 573. The van der Waals surface area contributed by atoms with E-state index in [9.17, 15) is 15.0 Å². The zero-order chi connectivity index (χ0) is 11.0. The topological polar surface area (TPSA) is 82.5 Å². The van der Waals surface area contributed by atoms with E-state index in [0.29, 0.717) is 10.9 Å². The Labute approximate surface area is 84.6 Å². The molecule has 2 aromatic rings. The monoisotopic (exact) mass is 207 g/mol. The van der Waals surface area contributed by atoms with Crippen molar-refractivity contribution < 1.29 is 14.9 Å². The van der Waals surface area contributed by atoms with Gasteiger partial charge in [-0.15, -0.1) is 0 Å². The van der Waals surface area contributed by atoms with Gasteiger partial charge in [-0.05, 0) is 12.1 Å². The SMILES string of the molecule is COc1c(O)c2ccc(O)cc2[nH]c1=O. The second-order valence-corrected chi connectivity index (χ2v) is 3.07. The number of nitrogens with one attached hydrogen (secondary N) is 1. The highest BCUT2D eigenvalue weighted by atomic mass is 16.5. The van der Waals surface area contributed by atoms with E-state index in [2.05, 4.69) is 4.98 Å². The van der Waals surface area contributed by atoms with Gasteiger partial charge in [0.25, 0.3) is 5.56 Å². The third-order valence-corrected chi connectivity index (χ3v) is 2.13. The van der Waals surface area contributed by atoms with Gasteiger partial charge >= 0.3 is 0 Å². The molecule has 0 aliphatic rings. The number of phenolic OH excluding ortho intramolecular Hbond substituents is 1. The summed E-state index contributed by atoms with van der Waals surface area (Å²) in [6.45, 7) is 0. The molecular formula is C10H9NO4. The van der Waals surface area contributed by atoms with Crippen molar-refractivity contribution in [3.8, 4) is 17.2 Å². The number of aromatic hydroxyl groups is 2. The highest BCUT2D eigenvalue weighted by molar-refractivity contribution is 5.87. The van der Waals surface area contributed by atoms with Gasteiger partial charge in [0.05, 0.1) is 12.6 Å². The second-order valence-electron chi connectivity index (χ2n) is 3.07. The lowest BCUT2D eigenvalue weighted by Crippen LogP contribution is -2.09. The molecule has 0 saturated heterocycles. The van der Waals surface area contributed by atoms with Crippen LogP contribution in [0.25, 0.3) is 10.9 Å². The van der Waals surface area contributed by atoms with Crippen molar-refractivity contribution in [2.45, 2.75) is 0 Å². The maximum Gasteiger partial charge on any atom is 0.294 e. The number of aromatic nitrogens is 1. The fraction of sp³-hybridized carbons (Fsp3) is 0.100. The molecule has 0 amide bonds. The molecule has 0 spiro atoms. The number of H-pyrrole nitrogens is 1. The highest BCUT2D eigenvalue weighted by Crippen LogP contribution is 2.31. The molecule has 5 nitrogen and oxygen atoms in total. The summed E-state index contributed by atoms with van der Waals surface area (Å²) in [6.07, 6.45) is 0. The number of benzene rings is 1. The fourth-order valence-electron chi connectivity index (χ4n) is 1.44. The molecular weight excluding hydrogens is 198 g/mol. The number of hydrogen-bond acceptors (Lipinski definition) is 4. The summed E-state index contributed by atoms with van der Waals surface area (Å²) in [4.78, 5) is 13.9. The molecule has 0 radical (unpaired) electrons. The van der Waals surface area contributed by atoms with E-state index in [-0.39, 0.29) is 17.2 Å². The summed E-state index contributed by atoms with van der Waals surface area (Å²) >= 11 is 0. The van der Waals surface area contributed by atoms with Crippen LogP contribution in [0.5, 0.6) is 17.2 Å². The third-order valence-electron chi connectivity index (χ3n) is 2.13. The maximum atomic E-state index is 11.4. The first kappa shape index (κ1) is 9.39. The minimum atomic E-state index is -0.534. The van der Waals surface area contributed by atoms with Gasteiger partial charge in [0.2, 0.25) is 5.75 Å². The summed E-state index contributed by atoms with van der Waals surface area (Å²) < 4.78 is 4.76. The van der Waals surface area contributed by atoms with Crippen molar-refractivity contribution in [3.05, 3.63) is 28.6 Å². The number of phenols is 1. The van der Waals surface area contributed by atoms with Crippen LogP contribution in [0.15, 0.2) is 23.0 Å². The van der Waals surface area contributed by atoms with Crippen LogP contribution in [-0.2, 0) is 0 Å². The van der Waals surface area contributed by atoms with E-state index < -0.39 is 5.56 Å². The number of rotatable bonds is 1. The van der Waals surface area contributed by atoms with Crippen molar-refractivity contribution in [2.24, 2.45) is 0 Å². The Kier molecular flexibility index (Phi) is 2.00. The van der Waals surface area contributed by atoms with Crippen molar-refractivity contribution in [2.75, 3.05) is 7.11 Å². The first-order valence-corrected chi connectivity index (χ1v) is 4.25. The Morgan fingerprint density at radius 2 is 2.07 bits per heavy atom. The number of methoxy groups -OCH3 is 1. The van der Waals surface area contributed by atoms with Gasteiger partial charge in [0, 0.05) is 11.5 Å². The normalized spacial score (nSPS) is 10.5. The number of ether oxygens (including phenoxy) is 1. The Hall–Kier alpha value is -2.17. The Morgan fingerprint density at radius 1 is 1.33 bits per heavy atom. The van der Waals surface area contributed by atoms with Gasteiger partial charge in [0.1, 0.15) is 5.75 Å². The van der Waals surface area contributed by atoms with Gasteiger partial charge in [-0.1, -0.05) is 0 Å². The standard InChI is InChI=1S/C10H9NO4/c1-15-9-8(13)6-3-2-5(12)4-7(6)11-10(9)14/h2-4,12H,1H3,(H2,11,13,14). The van der Waals surface area contributed by atoms with Crippen LogP contribution in [0.1, 0.15) is 0 Å². The first-order chi connectivity index (χ1) is 7.13. The smallest absolute Gasteiger partial charge is 0.294 e. The van der Waals surface area contributed by atoms with E-state index in [1.807, 2.05) is 0 Å². The lowest BCUT2D eigenvalue weighted by Gasteiger charge is -2.05. The predicted octanol–water partition coefficient (Wildman–Crippen LogP) is 0.948. The van der Waals surface area contributed by atoms with Crippen LogP contribution in [0, 0.1) is 0 Å². The summed E-state index contributed by atoms with van der Waals surface area (Å²) in [7, 11) is 1.30. The highest BCUT2D eigenvalue weighted by Gasteiger charge is 2.11. The van der Waals surface area contributed by atoms with Crippen molar-refractivity contribution in [1.29, 1.82) is 0 Å². The molecule has 1 heterocycles. The van der Waals surface area contributed by atoms with Gasteiger partial charge in [-0.2, -0.15) is 0 Å². The molecule has 1 aromatic heterocycles. The summed E-state index contributed by atoms with van der Waals surface area (Å²) in [6, 6.07) is 4.27. The molecule has 78 valence electrons. The van der Waals surface area contributed by atoms with E-state index in [1.54, 1.807) is 0 Å². The minimum absolute atomic E-state index is 0.0164. The first-order valence-electron chi connectivity index (χ1n) is 4.25. The fourth-order valence-corrected chi connectivity index (χ4v) is 1.44. The van der Waals surface area contributed by atoms with E-state index in [0.717, 1.165) is 0 Å². The van der Waals surface area contributed by atoms with Crippen molar-refractivity contribution >= 4 is 10.9 Å². The van der Waals surface area contributed by atoms with Gasteiger partial charge in [-0.25, -0.2) is 0 Å². The van der Waals surface area contributed by atoms with Crippen LogP contribution in [0.4, 0.5) is 0 Å². The van der Waals surface area contributed by atoms with Crippen molar-refractivity contribution in [3.63, 3.8) is 0 Å². The largest absolute Gasteiger partial charge is 0.508 e. The summed E-state index contributed by atoms with van der Waals surface area (Å²) in [5, 5.41) is 19.3. The molecule has 0 fully saturated rings. The number of aromatic amines is 1. The zero-order valence-electron chi connectivity index (χ0n) is 7.94. The van der Waals surface area contributed by atoms with Crippen LogP contribution in [0.2, 0.25) is 0 Å². The number of fused-ring (bicyclic) bond motifs is 1. The van der Waals surface area contributed by atoms with Gasteiger partial charge in [-0.3, -0.25) is 4.79 Å². The minimum Gasteiger partial charge on any atom is -0.508 e. The molecule has 3 N–H and O–H groups in total. The Morgan fingerprint density at radius 3 is 2.73 bits per heavy atom. The van der Waals surface area contributed by atoms with Gasteiger partial charge < -0.3 is 19.9 Å². The summed E-state index contributed by atoms with van der Waals surface area (Å²) in [5.41, 5.74) is -0.175. The van der Waals surface area contributed by atoms with E-state index in [1.165, 1.54) is 25.3 Å². The second kappa shape index (κ2) is 3.20. The zero-order valence-corrected chi connectivity index (χ0v) is 7.94.